The molecule has 2 saturated heterocycles. The summed E-state index contributed by atoms with van der Waals surface area (Å²) in [4.78, 5) is 0. The van der Waals surface area contributed by atoms with Crippen molar-refractivity contribution >= 4 is 0 Å². The van der Waals surface area contributed by atoms with E-state index in [9.17, 15) is 5.11 Å². The van der Waals surface area contributed by atoms with Crippen LogP contribution in [0, 0.1) is 11.8 Å². The van der Waals surface area contributed by atoms with E-state index in [4.69, 9.17) is 4.74 Å². The fourth-order valence-corrected chi connectivity index (χ4v) is 4.24. The van der Waals surface area contributed by atoms with Gasteiger partial charge in [-0.3, -0.25) is 0 Å². The lowest BCUT2D eigenvalue weighted by molar-refractivity contribution is -0.277. The van der Waals surface area contributed by atoms with Crippen molar-refractivity contribution < 1.29 is 9.84 Å². The highest BCUT2D eigenvalue weighted by Gasteiger charge is 2.56. The Morgan fingerprint density at radius 1 is 1.23 bits per heavy atom. The smallest absolute Gasteiger partial charge is 0.0924 e. The van der Waals surface area contributed by atoms with Crippen molar-refractivity contribution in [2.45, 2.75) is 50.2 Å². The molecule has 2 atom stereocenters. The van der Waals surface area contributed by atoms with E-state index in [1.807, 2.05) is 0 Å². The Morgan fingerprint density at radius 3 is 2.31 bits per heavy atom. The predicted octanol–water partition coefficient (Wildman–Crippen LogP) is 1.72. The fraction of sp³-hybridized carbons (Fsp3) is 1.00. The molecule has 0 aromatic heterocycles. The maximum absolute atomic E-state index is 9.42. The monoisotopic (exact) mass is 182 g/mol. The zero-order chi connectivity index (χ0) is 9.10. The van der Waals surface area contributed by atoms with Gasteiger partial charge in [0.15, 0.2) is 0 Å². The van der Waals surface area contributed by atoms with E-state index in [0.29, 0.717) is 0 Å². The summed E-state index contributed by atoms with van der Waals surface area (Å²) in [5.74, 6) is 1.66. The summed E-state index contributed by atoms with van der Waals surface area (Å²) in [6.45, 7) is 2.46. The van der Waals surface area contributed by atoms with E-state index in [2.05, 4.69) is 6.92 Å². The number of aliphatic hydroxyl groups is 1. The second-order valence-electron chi connectivity index (χ2n) is 5.68. The van der Waals surface area contributed by atoms with Crippen LogP contribution in [-0.4, -0.2) is 22.9 Å². The zero-order valence-electron chi connectivity index (χ0n) is 8.25. The molecule has 0 aromatic carbocycles. The number of ether oxygens (including phenoxy) is 1. The topological polar surface area (TPSA) is 29.5 Å². The van der Waals surface area contributed by atoms with Crippen molar-refractivity contribution in [2.24, 2.45) is 11.8 Å². The summed E-state index contributed by atoms with van der Waals surface area (Å²) in [5.41, 5.74) is -0.0361. The lowest BCUT2D eigenvalue weighted by Crippen LogP contribution is -2.61. The molecule has 4 fully saturated rings. The van der Waals surface area contributed by atoms with Gasteiger partial charge in [-0.2, -0.15) is 0 Å². The molecule has 0 amide bonds. The van der Waals surface area contributed by atoms with Crippen LogP contribution in [-0.2, 0) is 4.74 Å². The molecule has 4 rings (SSSR count). The van der Waals surface area contributed by atoms with Crippen molar-refractivity contribution in [3.05, 3.63) is 0 Å². The van der Waals surface area contributed by atoms with Gasteiger partial charge in [0.25, 0.3) is 0 Å². The minimum atomic E-state index is -0.140. The Kier molecular flexibility index (Phi) is 1.45. The van der Waals surface area contributed by atoms with Crippen LogP contribution in [0.3, 0.4) is 0 Å². The highest BCUT2D eigenvalue weighted by atomic mass is 16.5. The SMILES string of the molecule is CC12CC3CC(C1)CC(CO)(C3)O2. The Morgan fingerprint density at radius 2 is 1.85 bits per heavy atom. The van der Waals surface area contributed by atoms with Crippen molar-refractivity contribution in [3.8, 4) is 0 Å². The molecule has 74 valence electrons. The van der Waals surface area contributed by atoms with Gasteiger partial charge in [-0.1, -0.05) is 0 Å². The molecule has 2 heterocycles. The minimum absolute atomic E-state index is 0.104. The van der Waals surface area contributed by atoms with Crippen LogP contribution >= 0.6 is 0 Å². The van der Waals surface area contributed by atoms with E-state index >= 15 is 0 Å². The molecule has 0 spiro atoms. The molecular formula is C11H18O2. The molecule has 0 radical (unpaired) electrons. The average molecular weight is 182 g/mol. The summed E-state index contributed by atoms with van der Waals surface area (Å²) in [7, 11) is 0. The van der Waals surface area contributed by atoms with Crippen LogP contribution in [0.1, 0.15) is 39.0 Å². The third-order valence-corrected chi connectivity index (χ3v) is 4.18. The standard InChI is InChI=1S/C11H18O2/c1-10-3-8-2-9(4-10)6-11(5-8,7-12)13-10/h8-9,12H,2-7H2,1H3. The number of hydrogen-bond acceptors (Lipinski definition) is 2. The first-order chi connectivity index (χ1) is 6.13. The normalized spacial score (nSPS) is 58.6. The second-order valence-corrected chi connectivity index (χ2v) is 5.68. The first-order valence-corrected chi connectivity index (χ1v) is 5.44. The molecule has 13 heavy (non-hydrogen) atoms. The highest BCUT2D eigenvalue weighted by Crippen LogP contribution is 2.57. The molecule has 2 aliphatic carbocycles. The first-order valence-electron chi connectivity index (χ1n) is 5.44. The lowest BCUT2D eigenvalue weighted by Gasteiger charge is -2.60. The van der Waals surface area contributed by atoms with Gasteiger partial charge < -0.3 is 9.84 Å². The Hall–Kier alpha value is -0.0800. The Balaban J connectivity index is 1.95. The predicted molar refractivity (Wildman–Crippen MR) is 49.4 cm³/mol. The summed E-state index contributed by atoms with van der Waals surface area (Å²) >= 11 is 0. The number of rotatable bonds is 1. The van der Waals surface area contributed by atoms with Crippen LogP contribution in [0.15, 0.2) is 0 Å². The summed E-state index contributed by atoms with van der Waals surface area (Å²) in [5, 5.41) is 9.42. The molecule has 0 aromatic rings. The van der Waals surface area contributed by atoms with Gasteiger partial charge in [-0.15, -0.1) is 0 Å². The molecule has 2 nitrogen and oxygen atoms in total. The Bertz CT molecular complexity index is 222. The van der Waals surface area contributed by atoms with Gasteiger partial charge in [0, 0.05) is 0 Å². The molecule has 2 unspecified atom stereocenters. The molecular weight excluding hydrogens is 164 g/mol. The van der Waals surface area contributed by atoms with Crippen molar-refractivity contribution in [2.75, 3.05) is 6.61 Å². The average Bonchev–Trinajstić information content (AvgIpc) is 1.99. The largest absolute Gasteiger partial charge is 0.393 e. The van der Waals surface area contributed by atoms with Gasteiger partial charge in [0.2, 0.25) is 0 Å². The maximum atomic E-state index is 9.42. The van der Waals surface area contributed by atoms with E-state index in [1.165, 1.54) is 19.3 Å². The summed E-state index contributed by atoms with van der Waals surface area (Å²) in [6, 6.07) is 0. The van der Waals surface area contributed by atoms with E-state index in [1.54, 1.807) is 0 Å². The van der Waals surface area contributed by atoms with Gasteiger partial charge >= 0.3 is 0 Å². The van der Waals surface area contributed by atoms with Gasteiger partial charge in [0.05, 0.1) is 17.8 Å². The molecule has 4 bridgehead atoms. The maximum Gasteiger partial charge on any atom is 0.0924 e. The van der Waals surface area contributed by atoms with Crippen molar-refractivity contribution in [3.63, 3.8) is 0 Å². The molecule has 2 aliphatic heterocycles. The Labute approximate surface area is 79.3 Å². The molecule has 2 heteroatoms. The first kappa shape index (κ1) is 8.25. The number of hydrogen-bond donors (Lipinski definition) is 1. The second kappa shape index (κ2) is 2.29. The fourth-order valence-electron chi connectivity index (χ4n) is 4.24. The van der Waals surface area contributed by atoms with Crippen LogP contribution in [0.2, 0.25) is 0 Å². The zero-order valence-corrected chi connectivity index (χ0v) is 8.25. The van der Waals surface area contributed by atoms with Crippen LogP contribution in [0.25, 0.3) is 0 Å². The quantitative estimate of drug-likeness (QED) is 0.669. The summed E-state index contributed by atoms with van der Waals surface area (Å²) in [6.07, 6.45) is 6.06. The van der Waals surface area contributed by atoms with Gasteiger partial charge in [-0.25, -0.2) is 0 Å². The van der Waals surface area contributed by atoms with E-state index < -0.39 is 0 Å². The minimum Gasteiger partial charge on any atom is -0.393 e. The van der Waals surface area contributed by atoms with E-state index in [0.717, 1.165) is 24.7 Å². The molecule has 1 N–H and O–H groups in total. The van der Waals surface area contributed by atoms with Crippen LogP contribution in [0.5, 0.6) is 0 Å². The third kappa shape index (κ3) is 1.08. The van der Waals surface area contributed by atoms with E-state index in [-0.39, 0.29) is 17.8 Å². The van der Waals surface area contributed by atoms with Gasteiger partial charge in [0.1, 0.15) is 0 Å². The summed E-state index contributed by atoms with van der Waals surface area (Å²) < 4.78 is 6.10. The molecule has 2 saturated carbocycles. The third-order valence-electron chi connectivity index (χ3n) is 4.18. The lowest BCUT2D eigenvalue weighted by atomic mass is 9.58. The van der Waals surface area contributed by atoms with Crippen molar-refractivity contribution in [1.29, 1.82) is 0 Å². The van der Waals surface area contributed by atoms with Gasteiger partial charge in [-0.05, 0) is 50.9 Å². The van der Waals surface area contributed by atoms with Crippen LogP contribution in [0.4, 0.5) is 0 Å². The number of aliphatic hydroxyl groups excluding tert-OH is 1. The van der Waals surface area contributed by atoms with Crippen molar-refractivity contribution in [1.82, 2.24) is 0 Å². The van der Waals surface area contributed by atoms with Crippen LogP contribution < -0.4 is 0 Å². The molecule has 4 aliphatic rings. The highest BCUT2D eigenvalue weighted by molar-refractivity contribution is 5.06.